The average Bonchev–Trinajstić information content (AvgIpc) is 2.35. The van der Waals surface area contributed by atoms with Gasteiger partial charge < -0.3 is 10.4 Å². The van der Waals surface area contributed by atoms with Crippen LogP contribution in [0, 0.1) is 17.2 Å². The van der Waals surface area contributed by atoms with Crippen LogP contribution in [-0.4, -0.2) is 22.2 Å². The van der Waals surface area contributed by atoms with Gasteiger partial charge in [0, 0.05) is 6.54 Å². The van der Waals surface area contributed by atoms with E-state index < -0.39 is 5.60 Å². The van der Waals surface area contributed by atoms with Crippen LogP contribution in [0.3, 0.4) is 0 Å². The highest BCUT2D eigenvalue weighted by Crippen LogP contribution is 2.17. The number of anilines is 1. The molecule has 0 bridgehead atoms. The van der Waals surface area contributed by atoms with Gasteiger partial charge in [0.15, 0.2) is 0 Å². The predicted octanol–water partition coefficient (Wildman–Crippen LogP) is 2.55. The maximum Gasteiger partial charge on any atom is 0.142 e. The summed E-state index contributed by atoms with van der Waals surface area (Å²) in [5.74, 6) is 1.20. The first kappa shape index (κ1) is 14.5. The van der Waals surface area contributed by atoms with Gasteiger partial charge in [0.05, 0.1) is 5.60 Å². The molecule has 0 aliphatic heterocycles. The monoisotopic (exact) mass is 247 g/mol. The van der Waals surface area contributed by atoms with E-state index in [0.29, 0.717) is 24.0 Å². The zero-order chi connectivity index (χ0) is 13.6. The third-order valence-corrected chi connectivity index (χ3v) is 2.77. The van der Waals surface area contributed by atoms with Crippen molar-refractivity contribution >= 4 is 5.82 Å². The minimum Gasteiger partial charge on any atom is -0.388 e. The van der Waals surface area contributed by atoms with Crippen molar-refractivity contribution in [3.05, 3.63) is 23.9 Å². The van der Waals surface area contributed by atoms with Crippen molar-refractivity contribution in [2.24, 2.45) is 5.92 Å². The molecule has 0 fully saturated rings. The van der Waals surface area contributed by atoms with Gasteiger partial charge in [0.25, 0.3) is 0 Å². The third kappa shape index (κ3) is 5.15. The van der Waals surface area contributed by atoms with Gasteiger partial charge in [-0.15, -0.1) is 0 Å². The van der Waals surface area contributed by atoms with E-state index in [1.807, 2.05) is 13.0 Å². The summed E-state index contributed by atoms with van der Waals surface area (Å²) in [6.07, 6.45) is 1.73. The molecular formula is C14H21N3O. The molecule has 1 atom stereocenters. The lowest BCUT2D eigenvalue weighted by Crippen LogP contribution is -2.34. The van der Waals surface area contributed by atoms with Gasteiger partial charge in [-0.2, -0.15) is 5.26 Å². The molecule has 0 aliphatic rings. The number of aromatic nitrogens is 1. The molecule has 0 amide bonds. The van der Waals surface area contributed by atoms with Crippen LogP contribution >= 0.6 is 0 Å². The van der Waals surface area contributed by atoms with Gasteiger partial charge in [-0.25, -0.2) is 4.98 Å². The molecule has 1 unspecified atom stereocenters. The van der Waals surface area contributed by atoms with E-state index in [-0.39, 0.29) is 0 Å². The highest BCUT2D eigenvalue weighted by molar-refractivity contribution is 5.38. The molecule has 4 nitrogen and oxygen atoms in total. The SMILES string of the molecule is CC(C)CCC(C)(O)CNc1cccc(C#N)n1. The molecule has 1 heterocycles. The van der Waals surface area contributed by atoms with Crippen molar-refractivity contribution in [1.82, 2.24) is 4.98 Å². The van der Waals surface area contributed by atoms with Crippen LogP contribution < -0.4 is 5.32 Å². The van der Waals surface area contributed by atoms with Gasteiger partial charge in [-0.3, -0.25) is 0 Å². The summed E-state index contributed by atoms with van der Waals surface area (Å²) < 4.78 is 0. The van der Waals surface area contributed by atoms with Gasteiger partial charge in [-0.1, -0.05) is 19.9 Å². The second-order valence-electron chi connectivity index (χ2n) is 5.30. The second kappa shape index (κ2) is 6.36. The van der Waals surface area contributed by atoms with Crippen molar-refractivity contribution in [3.63, 3.8) is 0 Å². The van der Waals surface area contributed by atoms with E-state index in [0.717, 1.165) is 12.8 Å². The summed E-state index contributed by atoms with van der Waals surface area (Å²) in [4.78, 5) is 4.11. The predicted molar refractivity (Wildman–Crippen MR) is 72.1 cm³/mol. The largest absolute Gasteiger partial charge is 0.388 e. The molecule has 2 N–H and O–H groups in total. The Bertz CT molecular complexity index is 421. The molecule has 0 saturated carbocycles. The standard InChI is InChI=1S/C14H21N3O/c1-11(2)7-8-14(3,18)10-16-13-6-4-5-12(9-15)17-13/h4-6,11,18H,7-8,10H2,1-3H3,(H,16,17). The fraction of sp³-hybridized carbons (Fsp3) is 0.571. The van der Waals surface area contributed by atoms with Crippen LogP contribution in [0.2, 0.25) is 0 Å². The van der Waals surface area contributed by atoms with Crippen molar-refractivity contribution in [3.8, 4) is 6.07 Å². The lowest BCUT2D eigenvalue weighted by atomic mass is 9.95. The van der Waals surface area contributed by atoms with Crippen molar-refractivity contribution in [1.29, 1.82) is 5.26 Å². The summed E-state index contributed by atoms with van der Waals surface area (Å²) >= 11 is 0. The molecular weight excluding hydrogens is 226 g/mol. The molecule has 1 rings (SSSR count). The van der Waals surface area contributed by atoms with Crippen LogP contribution in [0.5, 0.6) is 0 Å². The molecule has 1 aromatic heterocycles. The average molecular weight is 247 g/mol. The van der Waals surface area contributed by atoms with Crippen molar-refractivity contribution in [2.45, 2.75) is 39.2 Å². The quantitative estimate of drug-likeness (QED) is 0.810. The fourth-order valence-electron chi connectivity index (χ4n) is 1.56. The molecule has 0 aromatic carbocycles. The maximum atomic E-state index is 10.2. The van der Waals surface area contributed by atoms with E-state index in [4.69, 9.17) is 5.26 Å². The first-order chi connectivity index (χ1) is 8.43. The lowest BCUT2D eigenvalue weighted by molar-refractivity contribution is 0.0585. The number of hydrogen-bond donors (Lipinski definition) is 2. The number of nitrogens with zero attached hydrogens (tertiary/aromatic N) is 2. The number of nitriles is 1. The molecule has 1 aromatic rings. The topological polar surface area (TPSA) is 68.9 Å². The van der Waals surface area contributed by atoms with E-state index in [2.05, 4.69) is 24.1 Å². The fourth-order valence-corrected chi connectivity index (χ4v) is 1.56. The molecule has 0 radical (unpaired) electrons. The van der Waals surface area contributed by atoms with E-state index >= 15 is 0 Å². The van der Waals surface area contributed by atoms with Crippen molar-refractivity contribution < 1.29 is 5.11 Å². The Kier molecular flexibility index (Phi) is 5.11. The number of hydrogen-bond acceptors (Lipinski definition) is 4. The zero-order valence-corrected chi connectivity index (χ0v) is 11.3. The first-order valence-corrected chi connectivity index (χ1v) is 6.26. The highest BCUT2D eigenvalue weighted by atomic mass is 16.3. The Balaban J connectivity index is 2.50. The van der Waals surface area contributed by atoms with Crippen LogP contribution in [0.1, 0.15) is 39.3 Å². The summed E-state index contributed by atoms with van der Waals surface area (Å²) in [5.41, 5.74) is -0.379. The van der Waals surface area contributed by atoms with Crippen molar-refractivity contribution in [2.75, 3.05) is 11.9 Å². The smallest absolute Gasteiger partial charge is 0.142 e. The molecule has 98 valence electrons. The number of aliphatic hydroxyl groups is 1. The highest BCUT2D eigenvalue weighted by Gasteiger charge is 2.20. The zero-order valence-electron chi connectivity index (χ0n) is 11.3. The molecule has 0 spiro atoms. The number of pyridine rings is 1. The Morgan fingerprint density at radius 2 is 2.22 bits per heavy atom. The van der Waals surface area contributed by atoms with Gasteiger partial charge in [-0.05, 0) is 37.8 Å². The summed E-state index contributed by atoms with van der Waals surface area (Å²) in [5, 5.41) is 22.0. The molecule has 0 saturated heterocycles. The van der Waals surface area contributed by atoms with E-state index in [1.54, 1.807) is 18.2 Å². The molecule has 4 heteroatoms. The van der Waals surface area contributed by atoms with E-state index in [9.17, 15) is 5.11 Å². The maximum absolute atomic E-state index is 10.2. The minimum atomic E-state index is -0.755. The Morgan fingerprint density at radius 1 is 1.50 bits per heavy atom. The van der Waals surface area contributed by atoms with Crippen LogP contribution in [0.25, 0.3) is 0 Å². The Labute approximate surface area is 109 Å². The third-order valence-electron chi connectivity index (χ3n) is 2.77. The molecule has 18 heavy (non-hydrogen) atoms. The Hall–Kier alpha value is -1.60. The van der Waals surface area contributed by atoms with Gasteiger partial charge in [0.1, 0.15) is 17.6 Å². The minimum absolute atomic E-state index is 0.377. The van der Waals surface area contributed by atoms with Crippen LogP contribution in [0.4, 0.5) is 5.82 Å². The van der Waals surface area contributed by atoms with Crippen LogP contribution in [0.15, 0.2) is 18.2 Å². The second-order valence-corrected chi connectivity index (χ2v) is 5.30. The summed E-state index contributed by atoms with van der Waals surface area (Å²) in [7, 11) is 0. The number of rotatable bonds is 6. The van der Waals surface area contributed by atoms with Gasteiger partial charge >= 0.3 is 0 Å². The van der Waals surface area contributed by atoms with E-state index in [1.165, 1.54) is 0 Å². The molecule has 0 aliphatic carbocycles. The summed E-state index contributed by atoms with van der Waals surface area (Å²) in [6.45, 7) is 6.53. The Morgan fingerprint density at radius 3 is 2.83 bits per heavy atom. The lowest BCUT2D eigenvalue weighted by Gasteiger charge is -2.24. The number of nitrogens with one attached hydrogen (secondary N) is 1. The van der Waals surface area contributed by atoms with Gasteiger partial charge in [0.2, 0.25) is 0 Å². The van der Waals surface area contributed by atoms with Crippen LogP contribution in [-0.2, 0) is 0 Å². The first-order valence-electron chi connectivity index (χ1n) is 6.26. The normalized spacial score (nSPS) is 14.0. The summed E-state index contributed by atoms with van der Waals surface area (Å²) in [6, 6.07) is 7.21.